The van der Waals surface area contributed by atoms with Crippen LogP contribution in [0, 0.1) is 0 Å². The first kappa shape index (κ1) is 13.3. The van der Waals surface area contributed by atoms with Gasteiger partial charge < -0.3 is 9.64 Å². The first-order valence-electron chi connectivity index (χ1n) is 6.32. The van der Waals surface area contributed by atoms with Crippen molar-refractivity contribution in [3.05, 3.63) is 35.9 Å². The summed E-state index contributed by atoms with van der Waals surface area (Å²) in [7, 11) is 0. The van der Waals surface area contributed by atoms with Crippen LogP contribution in [-0.2, 0) is 16.1 Å². The molecule has 19 heavy (non-hydrogen) atoms. The monoisotopic (exact) mass is 260 g/mol. The minimum atomic E-state index is -0.352. The number of benzene rings is 1. The summed E-state index contributed by atoms with van der Waals surface area (Å²) in [6.45, 7) is 1.35. The Morgan fingerprint density at radius 3 is 2.95 bits per heavy atom. The van der Waals surface area contributed by atoms with E-state index >= 15 is 0 Å². The van der Waals surface area contributed by atoms with Crippen LogP contribution in [0.2, 0.25) is 0 Å². The quantitative estimate of drug-likeness (QED) is 0.618. The fraction of sp³-hybridized carbons (Fsp3) is 0.429. The highest BCUT2D eigenvalue weighted by Crippen LogP contribution is 2.14. The molecule has 1 aliphatic heterocycles. The molecule has 1 aliphatic rings. The summed E-state index contributed by atoms with van der Waals surface area (Å²) in [5.74, 6) is 0. The van der Waals surface area contributed by atoms with E-state index in [2.05, 4.69) is 4.99 Å². The van der Waals surface area contributed by atoms with Gasteiger partial charge in [0.1, 0.15) is 6.61 Å². The molecule has 1 fully saturated rings. The molecule has 1 aromatic rings. The zero-order valence-corrected chi connectivity index (χ0v) is 10.6. The second-order valence-corrected chi connectivity index (χ2v) is 4.50. The number of nitrogens with zero attached hydrogens (tertiary/aromatic N) is 2. The Kier molecular flexibility index (Phi) is 4.70. The number of hydrogen-bond acceptors (Lipinski definition) is 4. The molecule has 0 bridgehead atoms. The molecule has 5 nitrogen and oxygen atoms in total. The van der Waals surface area contributed by atoms with Gasteiger partial charge in [-0.25, -0.2) is 14.6 Å². The van der Waals surface area contributed by atoms with Crippen molar-refractivity contribution in [1.82, 2.24) is 4.90 Å². The fourth-order valence-electron chi connectivity index (χ4n) is 2.11. The molecule has 1 saturated heterocycles. The number of isocyanates is 1. The summed E-state index contributed by atoms with van der Waals surface area (Å²) in [6.07, 6.45) is 2.85. The average molecular weight is 260 g/mol. The summed E-state index contributed by atoms with van der Waals surface area (Å²) >= 11 is 0. The highest BCUT2D eigenvalue weighted by molar-refractivity contribution is 5.67. The SMILES string of the molecule is O=C=NC1CCCN(C(=O)OCc2ccccc2)C1. The Bertz CT molecular complexity index is 469. The number of ether oxygens (including phenoxy) is 1. The van der Waals surface area contributed by atoms with Crippen LogP contribution in [0.15, 0.2) is 35.3 Å². The van der Waals surface area contributed by atoms with Crippen molar-refractivity contribution < 1.29 is 14.3 Å². The molecule has 1 unspecified atom stereocenters. The van der Waals surface area contributed by atoms with Gasteiger partial charge >= 0.3 is 6.09 Å². The minimum absolute atomic E-state index is 0.143. The number of aliphatic imine (C=N–C) groups is 1. The first-order chi connectivity index (χ1) is 9.29. The lowest BCUT2D eigenvalue weighted by Gasteiger charge is -2.29. The van der Waals surface area contributed by atoms with Crippen LogP contribution in [0.4, 0.5) is 4.79 Å². The Labute approximate surface area is 111 Å². The van der Waals surface area contributed by atoms with Gasteiger partial charge in [-0.2, -0.15) is 0 Å². The molecule has 100 valence electrons. The molecule has 1 heterocycles. The average Bonchev–Trinajstić information content (AvgIpc) is 2.46. The second-order valence-electron chi connectivity index (χ2n) is 4.50. The van der Waals surface area contributed by atoms with Crippen LogP contribution in [-0.4, -0.2) is 36.2 Å². The molecular formula is C14H16N2O3. The number of carbonyl (C=O) groups is 1. The van der Waals surface area contributed by atoms with E-state index in [0.717, 1.165) is 18.4 Å². The van der Waals surface area contributed by atoms with Gasteiger partial charge in [-0.1, -0.05) is 30.3 Å². The highest BCUT2D eigenvalue weighted by Gasteiger charge is 2.24. The molecule has 1 aromatic carbocycles. The van der Waals surface area contributed by atoms with E-state index in [0.29, 0.717) is 13.1 Å². The number of amides is 1. The van der Waals surface area contributed by atoms with E-state index in [4.69, 9.17) is 4.74 Å². The van der Waals surface area contributed by atoms with Crippen LogP contribution in [0.25, 0.3) is 0 Å². The topological polar surface area (TPSA) is 59.0 Å². The largest absolute Gasteiger partial charge is 0.445 e. The molecular weight excluding hydrogens is 244 g/mol. The summed E-state index contributed by atoms with van der Waals surface area (Å²) < 4.78 is 5.24. The van der Waals surface area contributed by atoms with Gasteiger partial charge in [0, 0.05) is 13.1 Å². The van der Waals surface area contributed by atoms with Crippen LogP contribution in [0.3, 0.4) is 0 Å². The molecule has 0 aliphatic carbocycles. The Balaban J connectivity index is 1.84. The summed E-state index contributed by atoms with van der Waals surface area (Å²) in [5, 5.41) is 0. The zero-order valence-electron chi connectivity index (χ0n) is 10.6. The third-order valence-corrected chi connectivity index (χ3v) is 3.10. The van der Waals surface area contributed by atoms with Crippen molar-refractivity contribution in [2.45, 2.75) is 25.5 Å². The predicted octanol–water partition coefficient (Wildman–Crippen LogP) is 2.12. The number of piperidine rings is 1. The Morgan fingerprint density at radius 1 is 1.42 bits per heavy atom. The second kappa shape index (κ2) is 6.71. The Hall–Kier alpha value is -2.13. The number of likely N-dealkylation sites (tertiary alicyclic amines) is 1. The van der Waals surface area contributed by atoms with Crippen molar-refractivity contribution in [3.8, 4) is 0 Å². The molecule has 0 aromatic heterocycles. The summed E-state index contributed by atoms with van der Waals surface area (Å²) in [5.41, 5.74) is 0.954. The van der Waals surface area contributed by atoms with Crippen LogP contribution >= 0.6 is 0 Å². The standard InChI is InChI=1S/C14H16N2O3/c17-11-15-13-7-4-8-16(9-13)14(18)19-10-12-5-2-1-3-6-12/h1-3,5-6,13H,4,7-10H2. The molecule has 0 saturated carbocycles. The van der Waals surface area contributed by atoms with Crippen molar-refractivity contribution in [1.29, 1.82) is 0 Å². The molecule has 1 amide bonds. The summed E-state index contributed by atoms with van der Waals surface area (Å²) in [4.78, 5) is 27.4. The van der Waals surface area contributed by atoms with Crippen molar-refractivity contribution in [3.63, 3.8) is 0 Å². The van der Waals surface area contributed by atoms with Crippen LogP contribution in [0.5, 0.6) is 0 Å². The number of rotatable bonds is 3. The van der Waals surface area contributed by atoms with E-state index in [1.54, 1.807) is 11.0 Å². The molecule has 2 rings (SSSR count). The highest BCUT2D eigenvalue weighted by atomic mass is 16.6. The fourth-order valence-corrected chi connectivity index (χ4v) is 2.11. The van der Waals surface area contributed by atoms with Gasteiger partial charge in [-0.3, -0.25) is 0 Å². The zero-order chi connectivity index (χ0) is 13.5. The number of hydrogen-bond donors (Lipinski definition) is 0. The molecule has 5 heteroatoms. The lowest BCUT2D eigenvalue weighted by molar-refractivity contribution is 0.0864. The van der Waals surface area contributed by atoms with Crippen molar-refractivity contribution in [2.75, 3.05) is 13.1 Å². The first-order valence-corrected chi connectivity index (χ1v) is 6.32. The maximum Gasteiger partial charge on any atom is 0.410 e. The number of carbonyl (C=O) groups excluding carboxylic acids is 2. The van der Waals surface area contributed by atoms with Gasteiger partial charge in [-0.15, -0.1) is 0 Å². The van der Waals surface area contributed by atoms with Gasteiger partial charge in [0.05, 0.1) is 6.04 Å². The van der Waals surface area contributed by atoms with E-state index in [9.17, 15) is 9.59 Å². The lowest BCUT2D eigenvalue weighted by atomic mass is 10.1. The van der Waals surface area contributed by atoms with Crippen molar-refractivity contribution in [2.24, 2.45) is 4.99 Å². The van der Waals surface area contributed by atoms with Gasteiger partial charge in [0.15, 0.2) is 0 Å². The van der Waals surface area contributed by atoms with Gasteiger partial charge in [0.2, 0.25) is 6.08 Å². The van der Waals surface area contributed by atoms with E-state index in [-0.39, 0.29) is 18.7 Å². The maximum absolute atomic E-state index is 11.9. The van der Waals surface area contributed by atoms with Crippen molar-refractivity contribution >= 4 is 12.2 Å². The predicted molar refractivity (Wildman–Crippen MR) is 69.3 cm³/mol. The van der Waals surface area contributed by atoms with E-state index in [1.165, 1.54) is 0 Å². The Morgan fingerprint density at radius 2 is 2.21 bits per heavy atom. The van der Waals surface area contributed by atoms with E-state index < -0.39 is 0 Å². The third-order valence-electron chi connectivity index (χ3n) is 3.10. The van der Waals surface area contributed by atoms with Crippen LogP contribution < -0.4 is 0 Å². The molecule has 1 atom stereocenters. The van der Waals surface area contributed by atoms with Crippen LogP contribution in [0.1, 0.15) is 18.4 Å². The lowest BCUT2D eigenvalue weighted by Crippen LogP contribution is -2.41. The van der Waals surface area contributed by atoms with Gasteiger partial charge in [0.25, 0.3) is 0 Å². The molecule has 0 radical (unpaired) electrons. The normalized spacial score (nSPS) is 18.5. The van der Waals surface area contributed by atoms with E-state index in [1.807, 2.05) is 30.3 Å². The molecule has 0 spiro atoms. The summed E-state index contributed by atoms with van der Waals surface area (Å²) in [6, 6.07) is 9.39. The maximum atomic E-state index is 11.9. The third kappa shape index (κ3) is 3.93. The smallest absolute Gasteiger partial charge is 0.410 e. The molecule has 0 N–H and O–H groups in total. The minimum Gasteiger partial charge on any atom is -0.445 e. The van der Waals surface area contributed by atoms with Gasteiger partial charge in [-0.05, 0) is 18.4 Å².